The minimum atomic E-state index is -0.330. The van der Waals surface area contributed by atoms with Gasteiger partial charge in [-0.1, -0.05) is 18.2 Å². The third kappa shape index (κ3) is 4.05. The largest absolute Gasteiger partial charge is 0.495 e. The van der Waals surface area contributed by atoms with Gasteiger partial charge >= 0.3 is 5.97 Å². The SMILES string of the molecule is COc1ccccc1N1CCN(C2CCc3cc(OC(C)=O)ccc3C2C=O)CC1. The molecule has 0 N–H and O–H groups in total. The average Bonchev–Trinajstić information content (AvgIpc) is 2.78. The maximum atomic E-state index is 12.1. The van der Waals surface area contributed by atoms with Gasteiger partial charge in [0.15, 0.2) is 0 Å². The van der Waals surface area contributed by atoms with Crippen LogP contribution in [-0.2, 0) is 16.0 Å². The number of carbonyl (C=O) groups is 2. The van der Waals surface area contributed by atoms with E-state index in [9.17, 15) is 9.59 Å². The second kappa shape index (κ2) is 8.88. The van der Waals surface area contributed by atoms with Crippen LogP contribution in [0.15, 0.2) is 42.5 Å². The van der Waals surface area contributed by atoms with Crippen molar-refractivity contribution in [3.05, 3.63) is 53.6 Å². The van der Waals surface area contributed by atoms with Gasteiger partial charge in [0.2, 0.25) is 0 Å². The summed E-state index contributed by atoms with van der Waals surface area (Å²) in [6, 6.07) is 14.0. The van der Waals surface area contributed by atoms with Crippen molar-refractivity contribution >= 4 is 17.9 Å². The van der Waals surface area contributed by atoms with Gasteiger partial charge in [0.05, 0.1) is 18.7 Å². The number of hydrogen-bond donors (Lipinski definition) is 0. The number of ether oxygens (including phenoxy) is 2. The topological polar surface area (TPSA) is 59.1 Å². The van der Waals surface area contributed by atoms with E-state index < -0.39 is 0 Å². The summed E-state index contributed by atoms with van der Waals surface area (Å²) in [7, 11) is 1.70. The van der Waals surface area contributed by atoms with Crippen LogP contribution in [0.1, 0.15) is 30.4 Å². The minimum absolute atomic E-state index is 0.155. The summed E-state index contributed by atoms with van der Waals surface area (Å²) in [4.78, 5) is 28.1. The van der Waals surface area contributed by atoms with Crippen LogP contribution in [0.3, 0.4) is 0 Å². The molecular weight excluding hydrogens is 380 g/mol. The zero-order valence-electron chi connectivity index (χ0n) is 17.5. The summed E-state index contributed by atoms with van der Waals surface area (Å²) in [6.45, 7) is 5.03. The van der Waals surface area contributed by atoms with Gasteiger partial charge in [0.25, 0.3) is 0 Å². The molecule has 1 heterocycles. The zero-order chi connectivity index (χ0) is 21.1. The fraction of sp³-hybridized carbons (Fsp3) is 0.417. The first-order valence-corrected chi connectivity index (χ1v) is 10.5. The lowest BCUT2D eigenvalue weighted by Crippen LogP contribution is -2.53. The molecule has 1 aliphatic heterocycles. The number of nitrogens with zero attached hydrogens (tertiary/aromatic N) is 2. The summed E-state index contributed by atoms with van der Waals surface area (Å²) in [5.74, 6) is 0.961. The average molecular weight is 408 g/mol. The van der Waals surface area contributed by atoms with E-state index >= 15 is 0 Å². The van der Waals surface area contributed by atoms with Crippen LogP contribution in [0.2, 0.25) is 0 Å². The molecule has 2 unspecified atom stereocenters. The van der Waals surface area contributed by atoms with E-state index in [0.29, 0.717) is 5.75 Å². The Hall–Kier alpha value is -2.86. The van der Waals surface area contributed by atoms with Crippen molar-refractivity contribution in [1.82, 2.24) is 4.90 Å². The number of aryl methyl sites for hydroxylation is 1. The van der Waals surface area contributed by atoms with Gasteiger partial charge in [-0.2, -0.15) is 0 Å². The van der Waals surface area contributed by atoms with Crippen molar-refractivity contribution in [3.63, 3.8) is 0 Å². The molecule has 1 fully saturated rings. The first-order chi connectivity index (χ1) is 14.6. The second-order valence-electron chi connectivity index (χ2n) is 7.92. The molecule has 2 aromatic carbocycles. The van der Waals surface area contributed by atoms with Gasteiger partial charge in [-0.3, -0.25) is 9.69 Å². The number of fused-ring (bicyclic) bond motifs is 1. The molecule has 30 heavy (non-hydrogen) atoms. The van der Waals surface area contributed by atoms with E-state index in [1.807, 2.05) is 30.3 Å². The van der Waals surface area contributed by atoms with Gasteiger partial charge < -0.3 is 19.2 Å². The van der Waals surface area contributed by atoms with Crippen LogP contribution in [0.25, 0.3) is 0 Å². The lowest BCUT2D eigenvalue weighted by Gasteiger charge is -2.44. The Balaban J connectivity index is 1.46. The Morgan fingerprint density at radius 2 is 1.87 bits per heavy atom. The van der Waals surface area contributed by atoms with Gasteiger partial charge in [-0.25, -0.2) is 0 Å². The molecule has 0 saturated carbocycles. The van der Waals surface area contributed by atoms with Crippen molar-refractivity contribution in [3.8, 4) is 11.5 Å². The molecule has 6 nitrogen and oxygen atoms in total. The van der Waals surface area contributed by atoms with Gasteiger partial charge in [-0.15, -0.1) is 0 Å². The standard InChI is InChI=1S/C24H28N2O4/c1-17(28)30-19-8-9-20-18(15-19)7-10-22(21(20)16-27)25-11-13-26(14-12-25)23-5-3-4-6-24(23)29-2/h3-6,8-9,15-16,21-22H,7,10-14H2,1-2H3. The molecule has 158 valence electrons. The fourth-order valence-electron chi connectivity index (χ4n) is 4.80. The molecule has 1 aliphatic carbocycles. The third-order valence-corrected chi connectivity index (χ3v) is 6.21. The quantitative estimate of drug-likeness (QED) is 0.431. The first-order valence-electron chi connectivity index (χ1n) is 10.5. The molecule has 0 radical (unpaired) electrons. The van der Waals surface area contributed by atoms with Crippen LogP contribution >= 0.6 is 0 Å². The maximum Gasteiger partial charge on any atom is 0.308 e. The molecule has 0 spiro atoms. The summed E-state index contributed by atoms with van der Waals surface area (Å²) in [5, 5.41) is 0. The predicted molar refractivity (Wildman–Crippen MR) is 115 cm³/mol. The van der Waals surface area contributed by atoms with Crippen LogP contribution in [0.5, 0.6) is 11.5 Å². The first kappa shape index (κ1) is 20.4. The highest BCUT2D eigenvalue weighted by Crippen LogP contribution is 2.36. The molecule has 2 aliphatic rings. The number of rotatable bonds is 5. The predicted octanol–water partition coefficient (Wildman–Crippen LogP) is 3.04. The Labute approximate surface area is 177 Å². The number of piperazine rings is 1. The summed E-state index contributed by atoms with van der Waals surface area (Å²) >= 11 is 0. The monoisotopic (exact) mass is 408 g/mol. The molecular formula is C24H28N2O4. The smallest absolute Gasteiger partial charge is 0.308 e. The number of methoxy groups -OCH3 is 1. The van der Waals surface area contributed by atoms with E-state index in [4.69, 9.17) is 9.47 Å². The number of esters is 1. The third-order valence-electron chi connectivity index (χ3n) is 6.21. The lowest BCUT2D eigenvalue weighted by atomic mass is 9.79. The van der Waals surface area contributed by atoms with Gasteiger partial charge in [0, 0.05) is 39.1 Å². The second-order valence-corrected chi connectivity index (χ2v) is 7.92. The molecule has 1 saturated heterocycles. The Bertz CT molecular complexity index is 921. The lowest BCUT2D eigenvalue weighted by molar-refractivity contribution is -0.131. The van der Waals surface area contributed by atoms with Gasteiger partial charge in [-0.05, 0) is 48.2 Å². The maximum absolute atomic E-state index is 12.1. The van der Waals surface area contributed by atoms with Crippen molar-refractivity contribution in [2.45, 2.75) is 31.7 Å². The molecule has 2 atom stereocenters. The Kier molecular flexibility index (Phi) is 6.04. The number of benzene rings is 2. The van der Waals surface area contributed by atoms with Crippen molar-refractivity contribution < 1.29 is 19.1 Å². The van der Waals surface area contributed by atoms with E-state index in [1.54, 1.807) is 13.2 Å². The Morgan fingerprint density at radius 3 is 2.57 bits per heavy atom. The number of aldehydes is 1. The van der Waals surface area contributed by atoms with Crippen LogP contribution in [0, 0.1) is 0 Å². The number of para-hydroxylation sites is 2. The van der Waals surface area contributed by atoms with Crippen molar-refractivity contribution in [2.24, 2.45) is 0 Å². The summed E-state index contributed by atoms with van der Waals surface area (Å²) < 4.78 is 10.7. The molecule has 6 heteroatoms. The van der Waals surface area contributed by atoms with E-state index in [0.717, 1.165) is 67.9 Å². The van der Waals surface area contributed by atoms with E-state index in [1.165, 1.54) is 6.92 Å². The fourth-order valence-corrected chi connectivity index (χ4v) is 4.80. The highest BCUT2D eigenvalue weighted by molar-refractivity contribution is 5.70. The van der Waals surface area contributed by atoms with Crippen molar-refractivity contribution in [2.75, 3.05) is 38.2 Å². The van der Waals surface area contributed by atoms with E-state index in [2.05, 4.69) is 15.9 Å². The summed E-state index contributed by atoms with van der Waals surface area (Å²) in [6.07, 6.45) is 2.89. The zero-order valence-corrected chi connectivity index (χ0v) is 17.5. The molecule has 0 aromatic heterocycles. The minimum Gasteiger partial charge on any atom is -0.495 e. The number of hydrogen-bond acceptors (Lipinski definition) is 6. The highest BCUT2D eigenvalue weighted by atomic mass is 16.5. The van der Waals surface area contributed by atoms with Gasteiger partial charge in [0.1, 0.15) is 17.8 Å². The molecule has 2 aromatic rings. The van der Waals surface area contributed by atoms with Crippen molar-refractivity contribution in [1.29, 1.82) is 0 Å². The number of anilines is 1. The normalized spacial score (nSPS) is 21.6. The number of carbonyl (C=O) groups excluding carboxylic acids is 2. The Morgan fingerprint density at radius 1 is 1.10 bits per heavy atom. The summed E-state index contributed by atoms with van der Waals surface area (Å²) in [5.41, 5.74) is 3.29. The molecule has 4 rings (SSSR count). The molecule has 0 amide bonds. The van der Waals surface area contributed by atoms with Crippen LogP contribution < -0.4 is 14.4 Å². The van der Waals surface area contributed by atoms with Crippen LogP contribution in [-0.4, -0.2) is 56.5 Å². The molecule has 0 bridgehead atoms. The van der Waals surface area contributed by atoms with E-state index in [-0.39, 0.29) is 17.9 Å². The van der Waals surface area contributed by atoms with Crippen LogP contribution in [0.4, 0.5) is 5.69 Å². The highest BCUT2D eigenvalue weighted by Gasteiger charge is 2.35.